The van der Waals surface area contributed by atoms with Crippen LogP contribution in [0, 0.1) is 6.92 Å². The Bertz CT molecular complexity index is 810. The Balaban J connectivity index is 2.01. The van der Waals surface area contributed by atoms with Crippen molar-refractivity contribution in [1.82, 2.24) is 19.3 Å². The Kier molecular flexibility index (Phi) is 4.46. The zero-order valence-corrected chi connectivity index (χ0v) is 13.6. The zero-order valence-electron chi connectivity index (χ0n) is 13.6. The summed E-state index contributed by atoms with van der Waals surface area (Å²) in [5.74, 6) is 0. The molecule has 0 aliphatic heterocycles. The highest BCUT2D eigenvalue weighted by Gasteiger charge is 2.15. The van der Waals surface area contributed by atoms with Crippen LogP contribution in [0.25, 0.3) is 5.69 Å². The van der Waals surface area contributed by atoms with Crippen molar-refractivity contribution >= 4 is 0 Å². The van der Waals surface area contributed by atoms with Crippen molar-refractivity contribution in [3.05, 3.63) is 70.2 Å². The van der Waals surface area contributed by atoms with Crippen LogP contribution in [0.3, 0.4) is 0 Å². The molecule has 0 fully saturated rings. The van der Waals surface area contributed by atoms with Crippen molar-refractivity contribution in [2.45, 2.75) is 39.7 Å². The molecule has 0 aliphatic rings. The number of nitrogens with one attached hydrogen (secondary N) is 1. The summed E-state index contributed by atoms with van der Waals surface area (Å²) in [6.07, 6.45) is 8.31. The van der Waals surface area contributed by atoms with E-state index >= 15 is 0 Å². The van der Waals surface area contributed by atoms with Crippen LogP contribution in [-0.2, 0) is 13.0 Å². The van der Waals surface area contributed by atoms with E-state index in [9.17, 15) is 4.79 Å². The quantitative estimate of drug-likeness (QED) is 0.761. The first-order chi connectivity index (χ1) is 11.2. The number of aryl methyl sites for hydroxylation is 1. The average Bonchev–Trinajstić information content (AvgIpc) is 3.16. The molecule has 2 heterocycles. The second-order valence-corrected chi connectivity index (χ2v) is 5.88. The molecule has 0 amide bonds. The molecule has 0 saturated carbocycles. The minimum absolute atomic E-state index is 0.0532. The van der Waals surface area contributed by atoms with Crippen molar-refractivity contribution in [2.24, 2.45) is 0 Å². The fourth-order valence-corrected chi connectivity index (χ4v) is 2.70. The third-order valence-corrected chi connectivity index (χ3v) is 4.04. The number of aromatic amines is 1. The number of imidazole rings is 1. The monoisotopic (exact) mass is 310 g/mol. The van der Waals surface area contributed by atoms with Crippen molar-refractivity contribution in [3.63, 3.8) is 0 Å². The Labute approximate surface area is 135 Å². The van der Waals surface area contributed by atoms with E-state index in [0.717, 1.165) is 36.2 Å². The molecule has 0 radical (unpaired) electrons. The SMILES string of the molecule is CCCCc1c(Cn2ccnc2)[nH]n(-c2ccc(C)cc2)c1=O. The highest BCUT2D eigenvalue weighted by Crippen LogP contribution is 2.12. The van der Waals surface area contributed by atoms with Crippen LogP contribution >= 0.6 is 0 Å². The summed E-state index contributed by atoms with van der Waals surface area (Å²) in [5.41, 5.74) is 3.94. The van der Waals surface area contributed by atoms with Gasteiger partial charge in [0.2, 0.25) is 0 Å². The summed E-state index contributed by atoms with van der Waals surface area (Å²) in [4.78, 5) is 16.9. The summed E-state index contributed by atoms with van der Waals surface area (Å²) >= 11 is 0. The Morgan fingerprint density at radius 2 is 2.00 bits per heavy atom. The minimum atomic E-state index is 0.0532. The lowest BCUT2D eigenvalue weighted by Crippen LogP contribution is -2.17. The first-order valence-electron chi connectivity index (χ1n) is 8.04. The fourth-order valence-electron chi connectivity index (χ4n) is 2.70. The molecule has 3 rings (SSSR count). The third-order valence-electron chi connectivity index (χ3n) is 4.04. The smallest absolute Gasteiger partial charge is 0.274 e. The number of nitrogens with zero attached hydrogens (tertiary/aromatic N) is 3. The van der Waals surface area contributed by atoms with Crippen LogP contribution in [0.4, 0.5) is 0 Å². The molecule has 5 heteroatoms. The van der Waals surface area contributed by atoms with Gasteiger partial charge in [-0.3, -0.25) is 9.89 Å². The van der Waals surface area contributed by atoms with Gasteiger partial charge >= 0.3 is 0 Å². The van der Waals surface area contributed by atoms with Gasteiger partial charge in [-0.2, -0.15) is 0 Å². The zero-order chi connectivity index (χ0) is 16.2. The van der Waals surface area contributed by atoms with Gasteiger partial charge in [0.25, 0.3) is 5.56 Å². The fraction of sp³-hybridized carbons (Fsp3) is 0.333. The van der Waals surface area contributed by atoms with Crippen LogP contribution in [0.5, 0.6) is 0 Å². The molecule has 2 aromatic heterocycles. The maximum Gasteiger partial charge on any atom is 0.274 e. The van der Waals surface area contributed by atoms with Gasteiger partial charge in [0.1, 0.15) is 0 Å². The molecule has 0 aliphatic carbocycles. The maximum absolute atomic E-state index is 12.8. The predicted molar refractivity (Wildman–Crippen MR) is 91.1 cm³/mol. The average molecular weight is 310 g/mol. The molecule has 23 heavy (non-hydrogen) atoms. The topological polar surface area (TPSA) is 55.6 Å². The van der Waals surface area contributed by atoms with Gasteiger partial charge in [-0.1, -0.05) is 31.0 Å². The molecule has 3 aromatic rings. The number of hydrogen-bond donors (Lipinski definition) is 1. The van der Waals surface area contributed by atoms with Crippen molar-refractivity contribution < 1.29 is 0 Å². The molecule has 0 saturated heterocycles. The normalized spacial score (nSPS) is 11.0. The van der Waals surface area contributed by atoms with E-state index < -0.39 is 0 Å². The van der Waals surface area contributed by atoms with Gasteiger partial charge in [-0.05, 0) is 31.9 Å². The lowest BCUT2D eigenvalue weighted by Gasteiger charge is -2.03. The summed E-state index contributed by atoms with van der Waals surface area (Å²) in [6.45, 7) is 4.81. The summed E-state index contributed by atoms with van der Waals surface area (Å²) < 4.78 is 3.62. The standard InChI is InChI=1S/C18H22N4O/c1-3-4-5-16-17(12-21-11-10-19-13-21)20-22(18(16)23)15-8-6-14(2)7-9-15/h6-11,13,20H,3-5,12H2,1-2H3. The van der Waals surface area contributed by atoms with Crippen LogP contribution < -0.4 is 5.56 Å². The molecule has 0 unspecified atom stereocenters. The molecular weight excluding hydrogens is 288 g/mol. The minimum Gasteiger partial charge on any atom is -0.332 e. The molecule has 0 spiro atoms. The molecule has 120 valence electrons. The van der Waals surface area contributed by atoms with Gasteiger partial charge in [0.15, 0.2) is 0 Å². The lowest BCUT2D eigenvalue weighted by molar-refractivity contribution is 0.728. The van der Waals surface area contributed by atoms with E-state index in [2.05, 4.69) is 17.0 Å². The van der Waals surface area contributed by atoms with E-state index in [1.165, 1.54) is 5.56 Å². The first-order valence-corrected chi connectivity index (χ1v) is 8.04. The van der Waals surface area contributed by atoms with Crippen LogP contribution in [0.1, 0.15) is 36.6 Å². The van der Waals surface area contributed by atoms with Gasteiger partial charge in [0.05, 0.1) is 24.3 Å². The Morgan fingerprint density at radius 3 is 2.65 bits per heavy atom. The van der Waals surface area contributed by atoms with Crippen LogP contribution in [0.15, 0.2) is 47.8 Å². The number of unbranched alkanes of at least 4 members (excludes halogenated alkanes) is 1. The van der Waals surface area contributed by atoms with Gasteiger partial charge < -0.3 is 4.57 Å². The van der Waals surface area contributed by atoms with E-state index in [1.807, 2.05) is 42.0 Å². The summed E-state index contributed by atoms with van der Waals surface area (Å²) in [7, 11) is 0. The number of hydrogen-bond acceptors (Lipinski definition) is 2. The Hall–Kier alpha value is -2.56. The van der Waals surface area contributed by atoms with Crippen LogP contribution in [-0.4, -0.2) is 19.3 Å². The molecule has 5 nitrogen and oxygen atoms in total. The van der Waals surface area contributed by atoms with Gasteiger partial charge in [-0.25, -0.2) is 9.67 Å². The molecular formula is C18H22N4O. The maximum atomic E-state index is 12.8. The second kappa shape index (κ2) is 6.69. The predicted octanol–water partition coefficient (Wildman–Crippen LogP) is 3.06. The van der Waals surface area contributed by atoms with E-state index in [-0.39, 0.29) is 5.56 Å². The molecule has 1 aromatic carbocycles. The summed E-state index contributed by atoms with van der Waals surface area (Å²) in [5, 5.41) is 3.29. The number of H-pyrrole nitrogens is 1. The Morgan fingerprint density at radius 1 is 1.22 bits per heavy atom. The van der Waals surface area contributed by atoms with E-state index in [0.29, 0.717) is 6.54 Å². The first kappa shape index (κ1) is 15.3. The highest BCUT2D eigenvalue weighted by molar-refractivity contribution is 5.35. The highest BCUT2D eigenvalue weighted by atomic mass is 16.1. The van der Waals surface area contributed by atoms with Crippen molar-refractivity contribution in [1.29, 1.82) is 0 Å². The van der Waals surface area contributed by atoms with Crippen molar-refractivity contribution in [2.75, 3.05) is 0 Å². The number of rotatable bonds is 6. The largest absolute Gasteiger partial charge is 0.332 e. The molecule has 1 N–H and O–H groups in total. The number of aromatic nitrogens is 4. The van der Waals surface area contributed by atoms with Gasteiger partial charge in [0, 0.05) is 18.0 Å². The second-order valence-electron chi connectivity index (χ2n) is 5.88. The number of benzene rings is 1. The van der Waals surface area contributed by atoms with E-state index in [4.69, 9.17) is 0 Å². The summed E-state index contributed by atoms with van der Waals surface area (Å²) in [6, 6.07) is 7.98. The molecule has 0 bridgehead atoms. The third kappa shape index (κ3) is 3.28. The molecule has 0 atom stereocenters. The van der Waals surface area contributed by atoms with Crippen LogP contribution in [0.2, 0.25) is 0 Å². The van der Waals surface area contributed by atoms with E-state index in [1.54, 1.807) is 17.2 Å². The van der Waals surface area contributed by atoms with Gasteiger partial charge in [-0.15, -0.1) is 0 Å². The van der Waals surface area contributed by atoms with Crippen molar-refractivity contribution in [3.8, 4) is 5.69 Å². The lowest BCUT2D eigenvalue weighted by atomic mass is 10.1.